The van der Waals surface area contributed by atoms with E-state index in [1.54, 1.807) is 22.7 Å². The van der Waals surface area contributed by atoms with Crippen molar-refractivity contribution >= 4 is 28.5 Å². The lowest BCUT2D eigenvalue weighted by Crippen LogP contribution is -1.97. The molecule has 0 fully saturated rings. The number of hydrogen-bond acceptors (Lipinski definition) is 3. The maximum atomic E-state index is 12.3. The molecule has 0 atom stereocenters. The van der Waals surface area contributed by atoms with Gasteiger partial charge in [-0.05, 0) is 55.2 Å². The molecule has 0 radical (unpaired) electrons. The first-order valence-corrected chi connectivity index (χ1v) is 8.70. The van der Waals surface area contributed by atoms with Crippen LogP contribution in [0.5, 0.6) is 0 Å². The zero-order valence-electron chi connectivity index (χ0n) is 11.0. The summed E-state index contributed by atoms with van der Waals surface area (Å²) in [6.07, 6.45) is 7.80. The number of carbonyl (C=O) groups excluding carboxylic acids is 1. The predicted molar refractivity (Wildman–Crippen MR) is 82.5 cm³/mol. The van der Waals surface area contributed by atoms with Crippen LogP contribution in [-0.4, -0.2) is 5.78 Å². The average molecular weight is 290 g/mol. The van der Waals surface area contributed by atoms with Crippen molar-refractivity contribution in [3.63, 3.8) is 0 Å². The summed E-state index contributed by atoms with van der Waals surface area (Å²) < 4.78 is 0. The lowest BCUT2D eigenvalue weighted by molar-refractivity contribution is 0.0987. The fourth-order valence-electron chi connectivity index (χ4n) is 2.62. The number of fused-ring (bicyclic) bond motifs is 1. The van der Waals surface area contributed by atoms with Gasteiger partial charge in [0.2, 0.25) is 0 Å². The molecule has 0 bridgehead atoms. The van der Waals surface area contributed by atoms with Crippen LogP contribution in [0.3, 0.4) is 0 Å². The Kier molecular flexibility index (Phi) is 4.14. The molecule has 3 heteroatoms. The molecule has 2 aromatic heterocycles. The van der Waals surface area contributed by atoms with Gasteiger partial charge in [0, 0.05) is 16.2 Å². The normalized spacial score (nSPS) is 14.9. The van der Waals surface area contributed by atoms with Crippen LogP contribution in [0.1, 0.15) is 50.7 Å². The van der Waals surface area contributed by atoms with Gasteiger partial charge in [0.05, 0.1) is 4.88 Å². The van der Waals surface area contributed by atoms with E-state index in [4.69, 9.17) is 0 Å². The Morgan fingerprint density at radius 3 is 2.95 bits per heavy atom. The standard InChI is InChI=1S/C16H18OS2/c17-14(9-8-13-6-4-10-18-13)16-11-12-5-2-1-3-7-15(12)19-16/h4,6,10-11H,1-3,5,7-9H2. The van der Waals surface area contributed by atoms with E-state index in [0.29, 0.717) is 12.2 Å². The monoisotopic (exact) mass is 290 g/mol. The van der Waals surface area contributed by atoms with Crippen molar-refractivity contribution in [1.82, 2.24) is 0 Å². The minimum Gasteiger partial charge on any atom is -0.293 e. The molecule has 2 heterocycles. The molecule has 0 saturated heterocycles. The second-order valence-corrected chi connectivity index (χ2v) is 7.29. The fourth-order valence-corrected chi connectivity index (χ4v) is 4.55. The minimum atomic E-state index is 0.325. The van der Waals surface area contributed by atoms with Crippen LogP contribution >= 0.6 is 22.7 Å². The molecule has 19 heavy (non-hydrogen) atoms. The van der Waals surface area contributed by atoms with Crippen molar-refractivity contribution in [2.75, 3.05) is 0 Å². The quantitative estimate of drug-likeness (QED) is 0.578. The zero-order valence-corrected chi connectivity index (χ0v) is 12.6. The molecular weight excluding hydrogens is 272 g/mol. The SMILES string of the molecule is O=C(CCc1cccs1)c1cc2c(s1)CCCCC2. The van der Waals surface area contributed by atoms with Crippen molar-refractivity contribution in [1.29, 1.82) is 0 Å². The second-order valence-electron chi connectivity index (χ2n) is 5.12. The second kappa shape index (κ2) is 6.02. The van der Waals surface area contributed by atoms with Gasteiger partial charge in [-0.25, -0.2) is 0 Å². The summed E-state index contributed by atoms with van der Waals surface area (Å²) >= 11 is 3.49. The summed E-state index contributed by atoms with van der Waals surface area (Å²) in [6.45, 7) is 0. The van der Waals surface area contributed by atoms with Crippen LogP contribution in [0.15, 0.2) is 23.6 Å². The zero-order chi connectivity index (χ0) is 13.1. The first-order chi connectivity index (χ1) is 9.33. The highest BCUT2D eigenvalue weighted by Crippen LogP contribution is 2.30. The van der Waals surface area contributed by atoms with Gasteiger partial charge in [-0.2, -0.15) is 0 Å². The third-order valence-electron chi connectivity index (χ3n) is 3.70. The molecule has 0 N–H and O–H groups in total. The summed E-state index contributed by atoms with van der Waals surface area (Å²) in [5, 5.41) is 2.08. The van der Waals surface area contributed by atoms with Crippen molar-refractivity contribution in [2.45, 2.75) is 44.9 Å². The highest BCUT2D eigenvalue weighted by Gasteiger charge is 2.16. The van der Waals surface area contributed by atoms with E-state index in [2.05, 4.69) is 23.6 Å². The molecular formula is C16H18OS2. The van der Waals surface area contributed by atoms with Gasteiger partial charge in [0.1, 0.15) is 0 Å². The van der Waals surface area contributed by atoms with E-state index < -0.39 is 0 Å². The Morgan fingerprint density at radius 2 is 2.11 bits per heavy atom. The highest BCUT2D eigenvalue weighted by molar-refractivity contribution is 7.14. The van der Waals surface area contributed by atoms with Gasteiger partial charge < -0.3 is 0 Å². The van der Waals surface area contributed by atoms with Gasteiger partial charge in [-0.3, -0.25) is 4.79 Å². The lowest BCUT2D eigenvalue weighted by Gasteiger charge is -1.97. The van der Waals surface area contributed by atoms with Gasteiger partial charge in [0.25, 0.3) is 0 Å². The molecule has 0 amide bonds. The first kappa shape index (κ1) is 13.1. The molecule has 0 unspecified atom stereocenters. The van der Waals surface area contributed by atoms with Crippen LogP contribution in [0.2, 0.25) is 0 Å². The van der Waals surface area contributed by atoms with E-state index >= 15 is 0 Å². The van der Waals surface area contributed by atoms with E-state index in [1.165, 1.54) is 47.4 Å². The first-order valence-electron chi connectivity index (χ1n) is 7.00. The maximum Gasteiger partial charge on any atom is 0.173 e. The third kappa shape index (κ3) is 3.15. The number of Topliss-reactive ketones (excluding diaryl/α,β-unsaturated/α-hetero) is 1. The molecule has 100 valence electrons. The van der Waals surface area contributed by atoms with Gasteiger partial charge in [0.15, 0.2) is 5.78 Å². The number of rotatable bonds is 4. The third-order valence-corrected chi connectivity index (χ3v) is 5.91. The number of thiophene rings is 2. The Balaban J connectivity index is 1.66. The van der Waals surface area contributed by atoms with E-state index in [1.807, 2.05) is 0 Å². The van der Waals surface area contributed by atoms with E-state index in [9.17, 15) is 4.79 Å². The van der Waals surface area contributed by atoms with Crippen LogP contribution < -0.4 is 0 Å². The Labute approximate surface area is 122 Å². The van der Waals surface area contributed by atoms with Gasteiger partial charge in [-0.1, -0.05) is 12.5 Å². The summed E-state index contributed by atoms with van der Waals surface area (Å²) in [5.41, 5.74) is 1.45. The number of carbonyl (C=O) groups is 1. The van der Waals surface area contributed by atoms with E-state index in [0.717, 1.165) is 11.3 Å². The Hall–Kier alpha value is -0.930. The fraction of sp³-hybridized carbons (Fsp3) is 0.438. The summed E-state index contributed by atoms with van der Waals surface area (Å²) in [4.78, 5) is 16.0. The molecule has 0 saturated carbocycles. The molecule has 1 aliphatic carbocycles. The number of ketones is 1. The van der Waals surface area contributed by atoms with Crippen LogP contribution in [0, 0.1) is 0 Å². The lowest BCUT2D eigenvalue weighted by atomic mass is 10.1. The van der Waals surface area contributed by atoms with Crippen molar-refractivity contribution < 1.29 is 4.79 Å². The average Bonchev–Trinajstić information content (AvgIpc) is 3.02. The summed E-state index contributed by atoms with van der Waals surface area (Å²) in [6, 6.07) is 6.33. The molecule has 0 aromatic carbocycles. The van der Waals surface area contributed by atoms with Crippen LogP contribution in [0.25, 0.3) is 0 Å². The van der Waals surface area contributed by atoms with Crippen LogP contribution in [-0.2, 0) is 19.3 Å². The maximum absolute atomic E-state index is 12.3. The Bertz CT molecular complexity index is 528. The minimum absolute atomic E-state index is 0.325. The predicted octanol–water partition coefficient (Wildman–Crippen LogP) is 4.89. The molecule has 0 aliphatic heterocycles. The smallest absolute Gasteiger partial charge is 0.173 e. The molecule has 2 aromatic rings. The van der Waals surface area contributed by atoms with Gasteiger partial charge in [-0.15, -0.1) is 22.7 Å². The summed E-state index contributed by atoms with van der Waals surface area (Å²) in [5.74, 6) is 0.325. The van der Waals surface area contributed by atoms with E-state index in [-0.39, 0.29) is 0 Å². The van der Waals surface area contributed by atoms with Crippen molar-refractivity contribution in [3.05, 3.63) is 43.8 Å². The topological polar surface area (TPSA) is 17.1 Å². The molecule has 0 spiro atoms. The Morgan fingerprint density at radius 1 is 1.21 bits per heavy atom. The van der Waals surface area contributed by atoms with Gasteiger partial charge >= 0.3 is 0 Å². The number of hydrogen-bond donors (Lipinski definition) is 0. The largest absolute Gasteiger partial charge is 0.293 e. The number of aryl methyl sites for hydroxylation is 3. The highest BCUT2D eigenvalue weighted by atomic mass is 32.1. The van der Waals surface area contributed by atoms with Crippen molar-refractivity contribution in [3.8, 4) is 0 Å². The van der Waals surface area contributed by atoms with Crippen LogP contribution in [0.4, 0.5) is 0 Å². The summed E-state index contributed by atoms with van der Waals surface area (Å²) in [7, 11) is 0. The molecule has 3 rings (SSSR count). The molecule has 1 nitrogen and oxygen atoms in total. The molecule has 1 aliphatic rings. The van der Waals surface area contributed by atoms with Crippen molar-refractivity contribution in [2.24, 2.45) is 0 Å².